The monoisotopic (exact) mass is 259 g/mol. The lowest BCUT2D eigenvalue weighted by Crippen LogP contribution is -2.43. The number of carbonyl (C=O) groups is 3. The molecule has 8 nitrogen and oxygen atoms in total. The van der Waals surface area contributed by atoms with Crippen molar-refractivity contribution in [2.24, 2.45) is 0 Å². The average Bonchev–Trinajstić information content (AvgIpc) is 2.35. The number of nitrogens with one attached hydrogen (secondary N) is 3. The SMILES string of the molecule is O=C(O)CNC(=O)CNC(=O)CC1CNCCO1. The Labute approximate surface area is 104 Å². The minimum Gasteiger partial charge on any atom is -0.480 e. The maximum Gasteiger partial charge on any atom is 0.322 e. The Kier molecular flexibility index (Phi) is 6.09. The van der Waals surface area contributed by atoms with Crippen LogP contribution < -0.4 is 16.0 Å². The number of carboxylic acid groups (broad SMARTS) is 1. The minimum absolute atomic E-state index is 0.180. The van der Waals surface area contributed by atoms with Crippen LogP contribution in [0.25, 0.3) is 0 Å². The Morgan fingerprint density at radius 3 is 2.56 bits per heavy atom. The van der Waals surface area contributed by atoms with Crippen LogP contribution in [0.3, 0.4) is 0 Å². The molecule has 8 heteroatoms. The summed E-state index contributed by atoms with van der Waals surface area (Å²) in [4.78, 5) is 32.7. The second-order valence-electron chi connectivity index (χ2n) is 3.85. The van der Waals surface area contributed by atoms with Gasteiger partial charge in [0.15, 0.2) is 0 Å². The Balaban J connectivity index is 2.12. The van der Waals surface area contributed by atoms with Crippen molar-refractivity contribution in [2.75, 3.05) is 32.8 Å². The van der Waals surface area contributed by atoms with Gasteiger partial charge in [0.1, 0.15) is 6.54 Å². The fourth-order valence-corrected chi connectivity index (χ4v) is 1.45. The summed E-state index contributed by atoms with van der Waals surface area (Å²) >= 11 is 0. The lowest BCUT2D eigenvalue weighted by molar-refractivity contribution is -0.137. The molecule has 1 heterocycles. The van der Waals surface area contributed by atoms with Crippen molar-refractivity contribution in [2.45, 2.75) is 12.5 Å². The van der Waals surface area contributed by atoms with Gasteiger partial charge in [-0.15, -0.1) is 0 Å². The molecule has 4 N–H and O–H groups in total. The summed E-state index contributed by atoms with van der Waals surface area (Å²) in [5.41, 5.74) is 0. The van der Waals surface area contributed by atoms with Crippen LogP contribution >= 0.6 is 0 Å². The third kappa shape index (κ3) is 6.16. The van der Waals surface area contributed by atoms with Gasteiger partial charge in [0.2, 0.25) is 11.8 Å². The lowest BCUT2D eigenvalue weighted by Gasteiger charge is -2.22. The number of carboxylic acids is 1. The van der Waals surface area contributed by atoms with Crippen LogP contribution in [0.2, 0.25) is 0 Å². The van der Waals surface area contributed by atoms with Crippen molar-refractivity contribution < 1.29 is 24.2 Å². The van der Waals surface area contributed by atoms with Gasteiger partial charge >= 0.3 is 5.97 Å². The first-order valence-electron chi connectivity index (χ1n) is 5.65. The fourth-order valence-electron chi connectivity index (χ4n) is 1.45. The highest BCUT2D eigenvalue weighted by atomic mass is 16.5. The molecule has 0 aromatic carbocycles. The molecule has 2 amide bonds. The molecule has 1 atom stereocenters. The average molecular weight is 259 g/mol. The second-order valence-corrected chi connectivity index (χ2v) is 3.85. The minimum atomic E-state index is -1.13. The first-order valence-corrected chi connectivity index (χ1v) is 5.65. The van der Waals surface area contributed by atoms with Crippen LogP contribution in [0.5, 0.6) is 0 Å². The lowest BCUT2D eigenvalue weighted by atomic mass is 10.2. The standard InChI is InChI=1S/C10H17N3O5/c14-8(3-7-4-11-1-2-18-7)12-5-9(15)13-6-10(16)17/h7,11H,1-6H2,(H,12,14)(H,13,15)(H,16,17). The van der Waals surface area contributed by atoms with Crippen LogP contribution in [0.15, 0.2) is 0 Å². The molecule has 1 rings (SSSR count). The zero-order valence-corrected chi connectivity index (χ0v) is 9.90. The molecule has 0 spiro atoms. The van der Waals surface area contributed by atoms with E-state index in [-0.39, 0.29) is 25.0 Å². The summed E-state index contributed by atoms with van der Waals surface area (Å²) in [7, 11) is 0. The van der Waals surface area contributed by atoms with Crippen LogP contribution in [-0.2, 0) is 19.1 Å². The molecule has 0 aromatic heterocycles. The number of hydrogen-bond acceptors (Lipinski definition) is 5. The van der Waals surface area contributed by atoms with E-state index in [1.807, 2.05) is 0 Å². The fraction of sp³-hybridized carbons (Fsp3) is 0.700. The zero-order chi connectivity index (χ0) is 13.4. The van der Waals surface area contributed by atoms with E-state index in [4.69, 9.17) is 9.84 Å². The Morgan fingerprint density at radius 1 is 1.22 bits per heavy atom. The summed E-state index contributed by atoms with van der Waals surface area (Å²) in [5.74, 6) is -1.96. The molecular weight excluding hydrogens is 242 g/mol. The molecule has 0 radical (unpaired) electrons. The highest BCUT2D eigenvalue weighted by Gasteiger charge is 2.17. The Hall–Kier alpha value is -1.67. The molecule has 1 saturated heterocycles. The Bertz CT molecular complexity index is 315. The van der Waals surface area contributed by atoms with E-state index < -0.39 is 18.4 Å². The Morgan fingerprint density at radius 2 is 1.94 bits per heavy atom. The maximum absolute atomic E-state index is 11.4. The number of ether oxygens (including phenoxy) is 1. The molecule has 1 aliphatic rings. The van der Waals surface area contributed by atoms with Crippen LogP contribution in [0.4, 0.5) is 0 Å². The molecule has 1 fully saturated rings. The molecule has 102 valence electrons. The molecular formula is C10H17N3O5. The molecule has 1 unspecified atom stereocenters. The van der Waals surface area contributed by atoms with E-state index in [1.165, 1.54) is 0 Å². The van der Waals surface area contributed by atoms with E-state index in [0.717, 1.165) is 6.54 Å². The van der Waals surface area contributed by atoms with Gasteiger partial charge in [0.25, 0.3) is 0 Å². The van der Waals surface area contributed by atoms with Gasteiger partial charge in [-0.25, -0.2) is 0 Å². The highest BCUT2D eigenvalue weighted by molar-refractivity contribution is 5.86. The van der Waals surface area contributed by atoms with Crippen LogP contribution in [-0.4, -0.2) is 61.8 Å². The third-order valence-electron chi connectivity index (χ3n) is 2.30. The van der Waals surface area contributed by atoms with Gasteiger partial charge in [-0.05, 0) is 0 Å². The number of hydrogen-bond donors (Lipinski definition) is 4. The van der Waals surface area contributed by atoms with Gasteiger partial charge in [-0.1, -0.05) is 0 Å². The van der Waals surface area contributed by atoms with Gasteiger partial charge < -0.3 is 25.8 Å². The summed E-state index contributed by atoms with van der Waals surface area (Å²) in [6.07, 6.45) is -0.0000139. The predicted octanol–water partition coefficient (Wildman–Crippen LogP) is -2.32. The van der Waals surface area contributed by atoms with Gasteiger partial charge in [-0.2, -0.15) is 0 Å². The van der Waals surface area contributed by atoms with E-state index in [9.17, 15) is 14.4 Å². The molecule has 0 aliphatic carbocycles. The normalized spacial score (nSPS) is 19.0. The van der Waals surface area contributed by atoms with Gasteiger partial charge in [-0.3, -0.25) is 14.4 Å². The molecule has 0 saturated carbocycles. The second kappa shape index (κ2) is 7.62. The van der Waals surface area contributed by atoms with Crippen molar-refractivity contribution in [3.63, 3.8) is 0 Å². The number of carbonyl (C=O) groups excluding carboxylic acids is 2. The number of amides is 2. The number of aliphatic carboxylic acids is 1. The van der Waals surface area contributed by atoms with E-state index >= 15 is 0 Å². The van der Waals surface area contributed by atoms with Crippen molar-refractivity contribution in [3.05, 3.63) is 0 Å². The first-order chi connectivity index (χ1) is 8.58. The zero-order valence-electron chi connectivity index (χ0n) is 9.90. The smallest absolute Gasteiger partial charge is 0.322 e. The van der Waals surface area contributed by atoms with Crippen molar-refractivity contribution in [1.29, 1.82) is 0 Å². The van der Waals surface area contributed by atoms with E-state index in [2.05, 4.69) is 16.0 Å². The van der Waals surface area contributed by atoms with Crippen molar-refractivity contribution in [3.8, 4) is 0 Å². The molecule has 0 aromatic rings. The van der Waals surface area contributed by atoms with Gasteiger partial charge in [0.05, 0.1) is 25.7 Å². The van der Waals surface area contributed by atoms with Gasteiger partial charge in [0, 0.05) is 13.1 Å². The summed E-state index contributed by atoms with van der Waals surface area (Å²) in [5, 5.41) is 16.0. The molecule has 0 bridgehead atoms. The number of rotatable bonds is 6. The maximum atomic E-state index is 11.4. The molecule has 18 heavy (non-hydrogen) atoms. The topological polar surface area (TPSA) is 117 Å². The summed E-state index contributed by atoms with van der Waals surface area (Å²) in [6, 6.07) is 0. The third-order valence-corrected chi connectivity index (χ3v) is 2.30. The predicted molar refractivity (Wildman–Crippen MR) is 60.9 cm³/mol. The van der Waals surface area contributed by atoms with Crippen molar-refractivity contribution >= 4 is 17.8 Å². The number of morpholine rings is 1. The van der Waals surface area contributed by atoms with Crippen molar-refractivity contribution in [1.82, 2.24) is 16.0 Å². The summed E-state index contributed by atoms with van der Waals surface area (Å²) in [6.45, 7) is 1.27. The summed E-state index contributed by atoms with van der Waals surface area (Å²) < 4.78 is 5.33. The molecule has 1 aliphatic heterocycles. The van der Waals surface area contributed by atoms with E-state index in [0.29, 0.717) is 13.2 Å². The van der Waals surface area contributed by atoms with E-state index in [1.54, 1.807) is 0 Å². The largest absolute Gasteiger partial charge is 0.480 e. The first kappa shape index (κ1) is 14.4. The van der Waals surface area contributed by atoms with Crippen LogP contribution in [0, 0.1) is 0 Å². The highest BCUT2D eigenvalue weighted by Crippen LogP contribution is 2.00. The van der Waals surface area contributed by atoms with Crippen LogP contribution in [0.1, 0.15) is 6.42 Å². The quantitative estimate of drug-likeness (QED) is 0.425.